The van der Waals surface area contributed by atoms with Crippen molar-refractivity contribution in [1.29, 1.82) is 0 Å². The molecule has 0 aliphatic heterocycles. The second kappa shape index (κ2) is 2.89. The highest BCUT2D eigenvalue weighted by Gasteiger charge is 2.33. The fourth-order valence-electron chi connectivity index (χ4n) is 1.68. The summed E-state index contributed by atoms with van der Waals surface area (Å²) in [6.45, 7) is 1.96. The first-order valence-corrected chi connectivity index (χ1v) is 4.00. The van der Waals surface area contributed by atoms with Gasteiger partial charge in [-0.2, -0.15) is 0 Å². The molecule has 0 radical (unpaired) electrons. The second-order valence-corrected chi connectivity index (χ2v) is 3.48. The number of aliphatic hydroxyl groups is 2. The first kappa shape index (κ1) is 8.02. The number of hydrogen-bond acceptors (Lipinski definition) is 2. The van der Waals surface area contributed by atoms with Crippen LogP contribution in [0.3, 0.4) is 0 Å². The molecule has 0 spiro atoms. The Morgan fingerprint density at radius 1 is 1.50 bits per heavy atom. The summed E-state index contributed by atoms with van der Waals surface area (Å²) in [6, 6.07) is 0. The topological polar surface area (TPSA) is 40.5 Å². The Balaban J connectivity index is 2.51. The minimum absolute atomic E-state index is 0.112. The van der Waals surface area contributed by atoms with Crippen molar-refractivity contribution >= 4 is 0 Å². The van der Waals surface area contributed by atoms with Crippen molar-refractivity contribution in [3.63, 3.8) is 0 Å². The van der Waals surface area contributed by atoms with E-state index in [1.807, 2.05) is 6.92 Å². The molecule has 0 aromatic carbocycles. The summed E-state index contributed by atoms with van der Waals surface area (Å²) in [6.07, 6.45) is 4.08. The van der Waals surface area contributed by atoms with E-state index < -0.39 is 5.60 Å². The van der Waals surface area contributed by atoms with E-state index in [9.17, 15) is 5.11 Å². The van der Waals surface area contributed by atoms with Crippen molar-refractivity contribution < 1.29 is 10.2 Å². The van der Waals surface area contributed by atoms with Crippen LogP contribution in [0.15, 0.2) is 0 Å². The van der Waals surface area contributed by atoms with Crippen LogP contribution in [0.25, 0.3) is 0 Å². The van der Waals surface area contributed by atoms with Crippen LogP contribution in [0, 0.1) is 5.92 Å². The van der Waals surface area contributed by atoms with Gasteiger partial charge in [0.25, 0.3) is 0 Å². The maximum absolute atomic E-state index is 9.67. The summed E-state index contributed by atoms with van der Waals surface area (Å²) in [7, 11) is 0. The van der Waals surface area contributed by atoms with Gasteiger partial charge in [0.15, 0.2) is 0 Å². The molecular weight excluding hydrogens is 128 g/mol. The van der Waals surface area contributed by atoms with E-state index in [0.29, 0.717) is 0 Å². The molecule has 0 aromatic heterocycles. The van der Waals surface area contributed by atoms with Gasteiger partial charge in [0, 0.05) is 12.5 Å². The average molecular weight is 144 g/mol. The van der Waals surface area contributed by atoms with E-state index in [1.165, 1.54) is 0 Å². The lowest BCUT2D eigenvalue weighted by Gasteiger charge is -2.35. The monoisotopic (exact) mass is 144 g/mol. The molecule has 2 nitrogen and oxygen atoms in total. The highest BCUT2D eigenvalue weighted by molar-refractivity contribution is 4.85. The van der Waals surface area contributed by atoms with Crippen LogP contribution < -0.4 is 0 Å². The highest BCUT2D eigenvalue weighted by atomic mass is 16.3. The van der Waals surface area contributed by atoms with Gasteiger partial charge >= 0.3 is 0 Å². The van der Waals surface area contributed by atoms with E-state index in [2.05, 4.69) is 0 Å². The van der Waals surface area contributed by atoms with Crippen LogP contribution in [-0.4, -0.2) is 22.4 Å². The minimum Gasteiger partial charge on any atom is -0.396 e. The summed E-state index contributed by atoms with van der Waals surface area (Å²) in [5.74, 6) is 0.112. The van der Waals surface area contributed by atoms with Gasteiger partial charge in [0.2, 0.25) is 0 Å². The van der Waals surface area contributed by atoms with Crippen molar-refractivity contribution in [2.24, 2.45) is 5.92 Å². The molecule has 0 amide bonds. The van der Waals surface area contributed by atoms with Crippen LogP contribution >= 0.6 is 0 Å². The SMILES string of the molecule is CC1(O)CCCCC1CO. The molecule has 1 aliphatic carbocycles. The second-order valence-electron chi connectivity index (χ2n) is 3.48. The third kappa shape index (κ3) is 1.50. The zero-order chi connectivity index (χ0) is 7.61. The molecule has 60 valence electrons. The number of hydrogen-bond donors (Lipinski definition) is 2. The predicted octanol–water partition coefficient (Wildman–Crippen LogP) is 0.920. The highest BCUT2D eigenvalue weighted by Crippen LogP contribution is 2.32. The van der Waals surface area contributed by atoms with Gasteiger partial charge in [-0.15, -0.1) is 0 Å². The number of aliphatic hydroxyl groups excluding tert-OH is 1. The summed E-state index contributed by atoms with van der Waals surface area (Å²) in [5.41, 5.74) is -0.604. The molecule has 10 heavy (non-hydrogen) atoms. The molecule has 1 fully saturated rings. The normalized spacial score (nSPS) is 41.7. The standard InChI is InChI=1S/C8H16O2/c1-8(10)5-3-2-4-7(8)6-9/h7,9-10H,2-6H2,1H3. The van der Waals surface area contributed by atoms with Gasteiger partial charge in [0.05, 0.1) is 5.60 Å². The van der Waals surface area contributed by atoms with E-state index in [1.54, 1.807) is 0 Å². The summed E-state index contributed by atoms with van der Waals surface area (Å²) < 4.78 is 0. The lowest BCUT2D eigenvalue weighted by molar-refractivity contribution is -0.0518. The predicted molar refractivity (Wildman–Crippen MR) is 39.7 cm³/mol. The third-order valence-corrected chi connectivity index (χ3v) is 2.59. The van der Waals surface area contributed by atoms with Gasteiger partial charge in [-0.3, -0.25) is 0 Å². The molecule has 2 unspecified atom stereocenters. The van der Waals surface area contributed by atoms with Crippen molar-refractivity contribution in [3.8, 4) is 0 Å². The maximum Gasteiger partial charge on any atom is 0.0669 e. The molecule has 0 bridgehead atoms. The lowest BCUT2D eigenvalue weighted by atomic mass is 9.77. The van der Waals surface area contributed by atoms with E-state index in [0.717, 1.165) is 25.7 Å². The Labute approximate surface area is 61.9 Å². The van der Waals surface area contributed by atoms with Crippen LogP contribution in [0.4, 0.5) is 0 Å². The van der Waals surface area contributed by atoms with E-state index >= 15 is 0 Å². The van der Waals surface area contributed by atoms with Gasteiger partial charge in [0.1, 0.15) is 0 Å². The minimum atomic E-state index is -0.604. The average Bonchev–Trinajstić information content (AvgIpc) is 1.87. The van der Waals surface area contributed by atoms with Crippen molar-refractivity contribution in [2.75, 3.05) is 6.61 Å². The summed E-state index contributed by atoms with van der Waals surface area (Å²) in [4.78, 5) is 0. The van der Waals surface area contributed by atoms with E-state index in [4.69, 9.17) is 5.11 Å². The molecular formula is C8H16O2. The van der Waals surface area contributed by atoms with Gasteiger partial charge in [-0.25, -0.2) is 0 Å². The Kier molecular flexibility index (Phi) is 2.32. The van der Waals surface area contributed by atoms with Crippen LogP contribution in [0.2, 0.25) is 0 Å². The smallest absolute Gasteiger partial charge is 0.0669 e. The first-order chi connectivity index (χ1) is 4.67. The lowest BCUT2D eigenvalue weighted by Crippen LogP contribution is -2.39. The van der Waals surface area contributed by atoms with Gasteiger partial charge in [-0.1, -0.05) is 12.8 Å². The number of rotatable bonds is 1. The molecule has 2 atom stereocenters. The third-order valence-electron chi connectivity index (χ3n) is 2.59. The fraction of sp³-hybridized carbons (Fsp3) is 1.00. The van der Waals surface area contributed by atoms with Gasteiger partial charge in [-0.05, 0) is 19.8 Å². The van der Waals surface area contributed by atoms with Crippen molar-refractivity contribution in [2.45, 2.75) is 38.2 Å². The van der Waals surface area contributed by atoms with E-state index in [-0.39, 0.29) is 12.5 Å². The molecule has 0 heterocycles. The molecule has 1 rings (SSSR count). The molecule has 0 aromatic rings. The largest absolute Gasteiger partial charge is 0.396 e. The quantitative estimate of drug-likeness (QED) is 0.574. The molecule has 0 saturated heterocycles. The van der Waals surface area contributed by atoms with Crippen LogP contribution in [0.5, 0.6) is 0 Å². The fourth-order valence-corrected chi connectivity index (χ4v) is 1.68. The maximum atomic E-state index is 9.67. The molecule has 2 heteroatoms. The summed E-state index contributed by atoms with van der Waals surface area (Å²) in [5, 5.41) is 18.5. The van der Waals surface area contributed by atoms with Gasteiger partial charge < -0.3 is 10.2 Å². The first-order valence-electron chi connectivity index (χ1n) is 4.00. The Bertz CT molecular complexity index is 110. The zero-order valence-corrected chi connectivity index (χ0v) is 6.51. The Hall–Kier alpha value is -0.0800. The van der Waals surface area contributed by atoms with Crippen LogP contribution in [-0.2, 0) is 0 Å². The summed E-state index contributed by atoms with van der Waals surface area (Å²) >= 11 is 0. The Morgan fingerprint density at radius 2 is 2.20 bits per heavy atom. The van der Waals surface area contributed by atoms with Crippen molar-refractivity contribution in [3.05, 3.63) is 0 Å². The zero-order valence-electron chi connectivity index (χ0n) is 6.51. The molecule has 1 aliphatic rings. The Morgan fingerprint density at radius 3 is 2.60 bits per heavy atom. The van der Waals surface area contributed by atoms with Crippen LogP contribution in [0.1, 0.15) is 32.6 Å². The van der Waals surface area contributed by atoms with Crippen molar-refractivity contribution in [1.82, 2.24) is 0 Å². The molecule has 2 N–H and O–H groups in total. The molecule has 1 saturated carbocycles.